The van der Waals surface area contributed by atoms with E-state index in [0.717, 1.165) is 22.7 Å². The Kier molecular flexibility index (Phi) is 11.1. The molecule has 9 aromatic rings. The van der Waals surface area contributed by atoms with Crippen LogP contribution in [0.5, 0.6) is 0 Å². The van der Waals surface area contributed by atoms with Gasteiger partial charge in [0.25, 0.3) is 0 Å². The molecule has 0 fully saturated rings. The number of benzene rings is 9. The Hall–Kier alpha value is -6.07. The third kappa shape index (κ3) is 7.48. The van der Waals surface area contributed by atoms with Gasteiger partial charge in [0.15, 0.2) is 0 Å². The first-order valence-electron chi connectivity index (χ1n) is 24.1. The van der Waals surface area contributed by atoms with E-state index in [1.807, 2.05) is 11.8 Å². The average molecular weight is 909 g/mol. The maximum Gasteiger partial charge on any atom is 0.0776 e. The molecule has 0 spiro atoms. The second-order valence-electron chi connectivity index (χ2n) is 22.0. The Morgan fingerprint density at radius 3 is 1.55 bits per heavy atom. The summed E-state index contributed by atoms with van der Waals surface area (Å²) in [6.45, 7) is 26.8. The van der Waals surface area contributed by atoms with Crippen molar-refractivity contribution in [1.82, 2.24) is 0 Å². The fraction of sp³-hybridized carbons (Fsp3) is 0.238. The summed E-state index contributed by atoms with van der Waals surface area (Å²) in [4.78, 5) is 6.16. The van der Waals surface area contributed by atoms with Crippen molar-refractivity contribution in [3.8, 4) is 11.1 Å². The van der Waals surface area contributed by atoms with Gasteiger partial charge in [-0.3, -0.25) is 0 Å². The molecular formula is C63H64N2SSi. The van der Waals surface area contributed by atoms with Crippen molar-refractivity contribution in [1.29, 1.82) is 0 Å². The number of rotatable bonds is 9. The van der Waals surface area contributed by atoms with Gasteiger partial charge in [0.05, 0.1) is 8.07 Å². The lowest BCUT2D eigenvalue weighted by Gasteiger charge is -2.54. The number of fused-ring (bicyclic) bond motifs is 10. The van der Waals surface area contributed by atoms with Crippen LogP contribution in [0.25, 0.3) is 43.4 Å². The molecule has 0 aliphatic heterocycles. The van der Waals surface area contributed by atoms with Crippen LogP contribution < -0.4 is 15.0 Å². The first-order valence-corrected chi connectivity index (χ1v) is 28.5. The highest BCUT2D eigenvalue weighted by molar-refractivity contribution is 7.99. The van der Waals surface area contributed by atoms with E-state index in [0.29, 0.717) is 5.25 Å². The van der Waals surface area contributed by atoms with Crippen LogP contribution in [0.3, 0.4) is 0 Å². The van der Waals surface area contributed by atoms with Gasteiger partial charge in [0.2, 0.25) is 0 Å². The third-order valence-electron chi connectivity index (χ3n) is 14.2. The van der Waals surface area contributed by atoms with Crippen LogP contribution in [0, 0.1) is 10.8 Å². The average Bonchev–Trinajstić information content (AvgIpc) is 3.64. The summed E-state index contributed by atoms with van der Waals surface area (Å²) in [5, 5.41) is 9.76. The molecule has 0 radical (unpaired) electrons. The van der Waals surface area contributed by atoms with E-state index in [-0.39, 0.29) is 16.2 Å². The van der Waals surface area contributed by atoms with Crippen molar-refractivity contribution in [3.05, 3.63) is 193 Å². The number of hydrogen-bond donors (Lipinski definition) is 0. The summed E-state index contributed by atoms with van der Waals surface area (Å²) in [5.41, 5.74) is 11.9. The lowest BCUT2D eigenvalue weighted by Crippen LogP contribution is -2.50. The SMILES string of the molecule is CC(C)Sc1cccc(N(c2ccccc2)c2ccc3c4c(ccc3c2)-c2c(c3ccc(N(c5ccccc5)c5cccc([Si](C)(C)C)c5)cc3c3ccccc23)C4(C(C)(C)C)C(C)(C)C)c1. The van der Waals surface area contributed by atoms with Crippen molar-refractivity contribution >= 4 is 91.5 Å². The molecular weight excluding hydrogens is 845 g/mol. The van der Waals surface area contributed by atoms with Crippen molar-refractivity contribution in [2.75, 3.05) is 9.80 Å². The van der Waals surface area contributed by atoms with Crippen molar-refractivity contribution < 1.29 is 0 Å². The molecule has 2 nitrogen and oxygen atoms in total. The van der Waals surface area contributed by atoms with Gasteiger partial charge in [-0.2, -0.15) is 0 Å². The maximum absolute atomic E-state index is 2.49. The third-order valence-corrected chi connectivity index (χ3v) is 17.3. The predicted octanol–water partition coefficient (Wildman–Crippen LogP) is 18.5. The molecule has 9 aromatic carbocycles. The van der Waals surface area contributed by atoms with E-state index in [1.165, 1.54) is 76.0 Å². The smallest absolute Gasteiger partial charge is 0.0776 e. The minimum Gasteiger partial charge on any atom is -0.310 e. The zero-order chi connectivity index (χ0) is 47.0. The molecule has 1 aliphatic rings. The van der Waals surface area contributed by atoms with E-state index in [4.69, 9.17) is 0 Å². The van der Waals surface area contributed by atoms with Crippen LogP contribution in [-0.2, 0) is 5.41 Å². The summed E-state index contributed by atoms with van der Waals surface area (Å²) in [5.74, 6) is 0. The minimum atomic E-state index is -1.58. The molecule has 4 heteroatoms. The maximum atomic E-state index is 2.49. The van der Waals surface area contributed by atoms with Crippen molar-refractivity contribution in [2.45, 2.75) is 90.6 Å². The van der Waals surface area contributed by atoms with Gasteiger partial charge in [0.1, 0.15) is 0 Å². The number of hydrogen-bond acceptors (Lipinski definition) is 3. The molecule has 0 bridgehead atoms. The first kappa shape index (κ1) is 44.7. The Morgan fingerprint density at radius 1 is 0.433 bits per heavy atom. The van der Waals surface area contributed by atoms with Gasteiger partial charge < -0.3 is 9.80 Å². The van der Waals surface area contributed by atoms with E-state index in [1.54, 1.807) is 0 Å². The summed E-state index contributed by atoms with van der Waals surface area (Å²) in [7, 11) is -1.58. The Bertz CT molecular complexity index is 3300. The molecule has 0 unspecified atom stereocenters. The highest BCUT2D eigenvalue weighted by Crippen LogP contribution is 2.68. The highest BCUT2D eigenvalue weighted by Gasteiger charge is 2.59. The summed E-state index contributed by atoms with van der Waals surface area (Å²) in [6, 6.07) is 68.7. The van der Waals surface area contributed by atoms with Crippen molar-refractivity contribution in [2.24, 2.45) is 10.8 Å². The van der Waals surface area contributed by atoms with Gasteiger partial charge in [-0.15, -0.1) is 11.8 Å². The standard InChI is InChI=1S/C63H64N2SSi/c1-42(2)66-50-28-20-26-46(39-50)64(44-22-14-12-15-23-44)48-33-36-52-43(38-48)32-35-56-58-54-31-19-18-30-53(54)57-41-49(34-37-55(57)60(58)63(59(52)56,61(3,4)5)62(6,7)8)65(45-24-16-13-17-25-45)47-27-21-29-51(40-47)67(9,10)11/h12-42H,1-11H3. The van der Waals surface area contributed by atoms with Gasteiger partial charge >= 0.3 is 0 Å². The van der Waals surface area contributed by atoms with E-state index >= 15 is 0 Å². The molecule has 0 N–H and O–H groups in total. The van der Waals surface area contributed by atoms with E-state index < -0.39 is 8.07 Å². The van der Waals surface area contributed by atoms with Gasteiger partial charge in [-0.05, 0) is 144 Å². The number of nitrogens with zero attached hydrogens (tertiary/aromatic N) is 2. The summed E-state index contributed by atoms with van der Waals surface area (Å²) >= 11 is 1.91. The van der Waals surface area contributed by atoms with Crippen LogP contribution in [0.1, 0.15) is 66.5 Å². The largest absolute Gasteiger partial charge is 0.310 e. The van der Waals surface area contributed by atoms with Gasteiger partial charge in [-0.25, -0.2) is 0 Å². The summed E-state index contributed by atoms with van der Waals surface area (Å²) < 4.78 is 0. The van der Waals surface area contributed by atoms with Gasteiger partial charge in [-0.1, -0.05) is 183 Å². The molecule has 67 heavy (non-hydrogen) atoms. The Labute approximate surface area is 404 Å². The Balaban J connectivity index is 1.24. The zero-order valence-electron chi connectivity index (χ0n) is 41.2. The molecule has 0 atom stereocenters. The highest BCUT2D eigenvalue weighted by atomic mass is 32.2. The topological polar surface area (TPSA) is 6.48 Å². The summed E-state index contributed by atoms with van der Waals surface area (Å²) in [6.07, 6.45) is 0. The van der Waals surface area contributed by atoms with Crippen LogP contribution in [-0.4, -0.2) is 13.3 Å². The van der Waals surface area contributed by atoms with Crippen LogP contribution in [0.2, 0.25) is 19.6 Å². The van der Waals surface area contributed by atoms with E-state index in [2.05, 4.69) is 267 Å². The number of thioether (sulfide) groups is 1. The Morgan fingerprint density at radius 2 is 0.955 bits per heavy atom. The minimum absolute atomic E-state index is 0.176. The lowest BCUT2D eigenvalue weighted by atomic mass is 9.49. The van der Waals surface area contributed by atoms with Crippen LogP contribution in [0.4, 0.5) is 34.1 Å². The predicted molar refractivity (Wildman–Crippen MR) is 297 cm³/mol. The second-order valence-corrected chi connectivity index (χ2v) is 28.7. The molecule has 0 heterocycles. The van der Waals surface area contributed by atoms with Crippen LogP contribution >= 0.6 is 11.8 Å². The normalized spacial score (nSPS) is 13.6. The molecule has 0 aromatic heterocycles. The van der Waals surface area contributed by atoms with Crippen LogP contribution in [0.15, 0.2) is 187 Å². The molecule has 0 amide bonds. The number of para-hydroxylation sites is 2. The fourth-order valence-electron chi connectivity index (χ4n) is 11.9. The quantitative estimate of drug-likeness (QED) is 0.0809. The first-order chi connectivity index (χ1) is 32.0. The molecule has 10 rings (SSSR count). The van der Waals surface area contributed by atoms with E-state index in [9.17, 15) is 0 Å². The molecule has 0 saturated carbocycles. The van der Waals surface area contributed by atoms with Crippen molar-refractivity contribution in [3.63, 3.8) is 0 Å². The molecule has 1 aliphatic carbocycles. The second kappa shape index (κ2) is 16.6. The molecule has 336 valence electrons. The number of anilines is 6. The molecule has 0 saturated heterocycles. The fourth-order valence-corrected chi connectivity index (χ4v) is 14.0. The zero-order valence-corrected chi connectivity index (χ0v) is 43.0. The lowest BCUT2D eigenvalue weighted by molar-refractivity contribution is 0.0977. The van der Waals surface area contributed by atoms with Gasteiger partial charge in [0, 0.05) is 49.7 Å². The monoisotopic (exact) mass is 908 g/mol.